The second kappa shape index (κ2) is 6.02. The molecule has 1 saturated heterocycles. The van der Waals surface area contributed by atoms with Crippen LogP contribution in [0.25, 0.3) is 0 Å². The maximum absolute atomic E-state index is 12.4. The number of hydrogen-bond acceptors (Lipinski definition) is 3. The molecule has 0 aromatic rings. The van der Waals surface area contributed by atoms with Gasteiger partial charge in [-0.2, -0.15) is 0 Å². The Balaban J connectivity index is 1.92. The first-order valence-corrected chi connectivity index (χ1v) is 7.21. The van der Waals surface area contributed by atoms with Crippen molar-refractivity contribution < 1.29 is 4.79 Å². The van der Waals surface area contributed by atoms with Crippen LogP contribution in [0.3, 0.4) is 0 Å². The van der Waals surface area contributed by atoms with Gasteiger partial charge in [0.15, 0.2) is 0 Å². The lowest BCUT2D eigenvalue weighted by atomic mass is 10.0. The fourth-order valence-electron chi connectivity index (χ4n) is 2.65. The van der Waals surface area contributed by atoms with Crippen molar-refractivity contribution in [2.45, 2.75) is 31.7 Å². The van der Waals surface area contributed by atoms with Crippen LogP contribution in [0.4, 0.5) is 0 Å². The van der Waals surface area contributed by atoms with Crippen molar-refractivity contribution in [1.29, 1.82) is 0 Å². The molecule has 1 amide bonds. The van der Waals surface area contributed by atoms with Crippen LogP contribution in [-0.4, -0.2) is 74.0 Å². The molecule has 0 unspecified atom stereocenters. The summed E-state index contributed by atoms with van der Waals surface area (Å²) in [6.07, 6.45) is 4.51. The van der Waals surface area contributed by atoms with Gasteiger partial charge in [-0.05, 0) is 59.9 Å². The number of piperidine rings is 1. The van der Waals surface area contributed by atoms with Crippen molar-refractivity contribution in [2.24, 2.45) is 5.92 Å². The van der Waals surface area contributed by atoms with E-state index in [0.717, 1.165) is 51.9 Å². The summed E-state index contributed by atoms with van der Waals surface area (Å²) in [5.41, 5.74) is 0. The van der Waals surface area contributed by atoms with E-state index < -0.39 is 0 Å². The van der Waals surface area contributed by atoms with Gasteiger partial charge in [-0.15, -0.1) is 0 Å². The minimum Gasteiger partial charge on any atom is -0.338 e. The molecule has 0 spiro atoms. The number of likely N-dealkylation sites (tertiary alicyclic amines) is 1. The third kappa shape index (κ3) is 3.69. The van der Waals surface area contributed by atoms with Gasteiger partial charge in [-0.3, -0.25) is 4.79 Å². The minimum absolute atomic E-state index is 0.354. The van der Waals surface area contributed by atoms with E-state index in [0.29, 0.717) is 17.9 Å². The molecule has 104 valence electrons. The molecule has 1 heterocycles. The predicted octanol–water partition coefficient (Wildman–Crippen LogP) is 0.881. The number of likely N-dealkylation sites (N-methyl/N-ethyl adjacent to an activating group) is 1. The molecular weight excluding hydrogens is 226 g/mol. The molecule has 0 radical (unpaired) electrons. The largest absolute Gasteiger partial charge is 0.338 e. The molecule has 0 aromatic heterocycles. The highest BCUT2D eigenvalue weighted by atomic mass is 16.2. The van der Waals surface area contributed by atoms with E-state index in [4.69, 9.17) is 0 Å². The average molecular weight is 253 g/mol. The molecule has 2 rings (SSSR count). The van der Waals surface area contributed by atoms with Crippen LogP contribution in [0.15, 0.2) is 0 Å². The van der Waals surface area contributed by atoms with E-state index in [9.17, 15) is 4.79 Å². The van der Waals surface area contributed by atoms with Crippen molar-refractivity contribution in [3.8, 4) is 0 Å². The van der Waals surface area contributed by atoms with Crippen LogP contribution in [0.1, 0.15) is 25.7 Å². The van der Waals surface area contributed by atoms with Gasteiger partial charge >= 0.3 is 0 Å². The number of carbonyl (C=O) groups excluding carboxylic acids is 1. The molecule has 4 nitrogen and oxygen atoms in total. The van der Waals surface area contributed by atoms with E-state index in [2.05, 4.69) is 35.8 Å². The van der Waals surface area contributed by atoms with Crippen molar-refractivity contribution in [3.05, 3.63) is 0 Å². The molecule has 18 heavy (non-hydrogen) atoms. The zero-order valence-corrected chi connectivity index (χ0v) is 12.1. The van der Waals surface area contributed by atoms with Gasteiger partial charge in [0.2, 0.25) is 5.91 Å². The first-order valence-electron chi connectivity index (χ1n) is 7.21. The Morgan fingerprint density at radius 1 is 1.11 bits per heavy atom. The van der Waals surface area contributed by atoms with Gasteiger partial charge in [0.25, 0.3) is 0 Å². The van der Waals surface area contributed by atoms with Crippen LogP contribution in [-0.2, 0) is 4.79 Å². The quantitative estimate of drug-likeness (QED) is 0.728. The smallest absolute Gasteiger partial charge is 0.225 e. The van der Waals surface area contributed by atoms with Gasteiger partial charge in [-0.25, -0.2) is 0 Å². The van der Waals surface area contributed by atoms with Crippen LogP contribution in [0, 0.1) is 5.92 Å². The first-order chi connectivity index (χ1) is 8.58. The molecule has 2 aliphatic rings. The number of amides is 1. The Morgan fingerprint density at radius 2 is 1.72 bits per heavy atom. The molecule has 1 aliphatic heterocycles. The highest BCUT2D eigenvalue weighted by Crippen LogP contribution is 2.32. The third-order valence-corrected chi connectivity index (χ3v) is 4.13. The summed E-state index contributed by atoms with van der Waals surface area (Å²) >= 11 is 0. The summed E-state index contributed by atoms with van der Waals surface area (Å²) in [6, 6.07) is 0.481. The topological polar surface area (TPSA) is 26.8 Å². The number of nitrogens with zero attached hydrogens (tertiary/aromatic N) is 3. The average Bonchev–Trinajstić information content (AvgIpc) is 3.15. The van der Waals surface area contributed by atoms with Crippen LogP contribution < -0.4 is 0 Å². The summed E-state index contributed by atoms with van der Waals surface area (Å²) in [5.74, 6) is 0.776. The zero-order valence-electron chi connectivity index (χ0n) is 12.1. The molecular formula is C14H27N3O. The van der Waals surface area contributed by atoms with Gasteiger partial charge in [0.1, 0.15) is 0 Å². The van der Waals surface area contributed by atoms with Crippen molar-refractivity contribution >= 4 is 5.91 Å². The summed E-state index contributed by atoms with van der Waals surface area (Å²) in [4.78, 5) is 19.1. The highest BCUT2D eigenvalue weighted by molar-refractivity contribution is 5.81. The first kappa shape index (κ1) is 13.8. The Kier molecular flexibility index (Phi) is 4.62. The molecule has 4 heteroatoms. The molecule has 0 N–H and O–H groups in total. The minimum atomic E-state index is 0.354. The third-order valence-electron chi connectivity index (χ3n) is 4.13. The Labute approximate surface area is 111 Å². The van der Waals surface area contributed by atoms with Crippen molar-refractivity contribution in [3.63, 3.8) is 0 Å². The Morgan fingerprint density at radius 3 is 2.22 bits per heavy atom. The van der Waals surface area contributed by atoms with Crippen molar-refractivity contribution in [2.75, 3.05) is 47.3 Å². The highest BCUT2D eigenvalue weighted by Gasteiger charge is 2.36. The second-order valence-electron chi connectivity index (χ2n) is 6.14. The van der Waals surface area contributed by atoms with E-state index in [-0.39, 0.29) is 0 Å². The predicted molar refractivity (Wildman–Crippen MR) is 73.5 cm³/mol. The molecule has 0 aromatic carbocycles. The van der Waals surface area contributed by atoms with Crippen LogP contribution in [0.2, 0.25) is 0 Å². The second-order valence-corrected chi connectivity index (χ2v) is 6.14. The number of carbonyl (C=O) groups is 1. The van der Waals surface area contributed by atoms with Crippen LogP contribution >= 0.6 is 0 Å². The summed E-state index contributed by atoms with van der Waals surface area (Å²) in [7, 11) is 6.33. The Hall–Kier alpha value is -0.610. The number of hydrogen-bond donors (Lipinski definition) is 0. The van der Waals surface area contributed by atoms with Gasteiger partial charge < -0.3 is 14.7 Å². The monoisotopic (exact) mass is 253 g/mol. The summed E-state index contributed by atoms with van der Waals surface area (Å²) < 4.78 is 0. The van der Waals surface area contributed by atoms with Gasteiger partial charge in [0.05, 0.1) is 0 Å². The number of rotatable bonds is 5. The fourth-order valence-corrected chi connectivity index (χ4v) is 2.65. The lowest BCUT2D eigenvalue weighted by Crippen LogP contribution is -2.49. The Bertz CT molecular complexity index is 281. The van der Waals surface area contributed by atoms with Crippen molar-refractivity contribution in [1.82, 2.24) is 14.7 Å². The molecule has 1 saturated carbocycles. The van der Waals surface area contributed by atoms with E-state index in [1.165, 1.54) is 0 Å². The summed E-state index contributed by atoms with van der Waals surface area (Å²) in [6.45, 7) is 4.13. The molecule has 0 atom stereocenters. The molecule has 1 aliphatic carbocycles. The molecule has 2 fully saturated rings. The van der Waals surface area contributed by atoms with Gasteiger partial charge in [-0.1, -0.05) is 0 Å². The lowest BCUT2D eigenvalue weighted by Gasteiger charge is -2.38. The normalized spacial score (nSPS) is 22.4. The lowest BCUT2D eigenvalue weighted by molar-refractivity contribution is -0.136. The SMILES string of the molecule is CN(C)CCN(C(=O)C1CC1)C1CCN(C)CC1. The zero-order chi connectivity index (χ0) is 13.1. The van der Waals surface area contributed by atoms with E-state index in [1.54, 1.807) is 0 Å². The van der Waals surface area contributed by atoms with Gasteiger partial charge in [0, 0.05) is 25.0 Å². The maximum atomic E-state index is 12.4. The summed E-state index contributed by atoms with van der Waals surface area (Å²) in [5, 5.41) is 0. The van der Waals surface area contributed by atoms with E-state index in [1.807, 2.05) is 0 Å². The molecule has 0 bridgehead atoms. The standard InChI is InChI=1S/C14H27N3O/c1-15(2)10-11-17(14(18)12-4-5-12)13-6-8-16(3)9-7-13/h12-13H,4-11H2,1-3H3. The maximum Gasteiger partial charge on any atom is 0.225 e. The fraction of sp³-hybridized carbons (Fsp3) is 0.929. The van der Waals surface area contributed by atoms with Crippen LogP contribution in [0.5, 0.6) is 0 Å². The van der Waals surface area contributed by atoms with E-state index >= 15 is 0 Å².